The Morgan fingerprint density at radius 3 is 2.60 bits per heavy atom. The van der Waals surface area contributed by atoms with Gasteiger partial charge in [-0.2, -0.15) is 5.10 Å². The average Bonchev–Trinajstić information content (AvgIpc) is 3.75. The molecule has 0 radical (unpaired) electrons. The van der Waals surface area contributed by atoms with E-state index >= 15 is 0 Å². The molecule has 0 spiro atoms. The topological polar surface area (TPSA) is 120 Å². The van der Waals surface area contributed by atoms with Gasteiger partial charge in [-0.25, -0.2) is 17.5 Å². The number of aromatic amines is 2. The van der Waals surface area contributed by atoms with E-state index in [2.05, 4.69) is 40.8 Å². The van der Waals surface area contributed by atoms with Gasteiger partial charge in [0.05, 0.1) is 29.4 Å². The molecule has 0 saturated carbocycles. The van der Waals surface area contributed by atoms with Crippen LogP contribution in [0.25, 0.3) is 55.6 Å². The number of nitrogens with one attached hydrogen (secondary N) is 3. The first-order valence-electron chi connectivity index (χ1n) is 14.2. The van der Waals surface area contributed by atoms with Crippen LogP contribution in [0.5, 0.6) is 0 Å². The number of benzene rings is 2. The van der Waals surface area contributed by atoms with Crippen molar-refractivity contribution in [2.75, 3.05) is 19.3 Å². The molecule has 4 aromatic heterocycles. The average molecular weight is 596 g/mol. The largest absolute Gasteiger partial charge is 0.353 e. The molecule has 6 aromatic rings. The SMILES string of the molecule is CS(=O)(=O)NCc1cc(F)cc(-c2cccc3[nH]c(-c4n[nH]c5cnc(-c6cncc(CN7CCCC7)c6)cc45)cc23)c1. The van der Waals surface area contributed by atoms with Crippen molar-refractivity contribution >= 4 is 31.8 Å². The molecule has 0 bridgehead atoms. The van der Waals surface area contributed by atoms with E-state index in [-0.39, 0.29) is 6.54 Å². The molecule has 1 aliphatic heterocycles. The molecule has 5 heterocycles. The summed E-state index contributed by atoms with van der Waals surface area (Å²) in [4.78, 5) is 15.1. The highest BCUT2D eigenvalue weighted by atomic mass is 32.2. The zero-order valence-corrected chi connectivity index (χ0v) is 24.4. The van der Waals surface area contributed by atoms with E-state index in [0.717, 1.165) is 75.9 Å². The maximum Gasteiger partial charge on any atom is 0.209 e. The maximum absolute atomic E-state index is 14.6. The molecule has 1 fully saturated rings. The third-order valence-electron chi connectivity index (χ3n) is 7.87. The molecule has 1 aliphatic rings. The molecule has 2 aromatic carbocycles. The van der Waals surface area contributed by atoms with E-state index in [1.165, 1.54) is 30.5 Å². The standard InChI is InChI=1S/C32H30FN7O2S/c1-43(41,42)36-16-20-9-22(12-24(33)11-20)25-5-4-6-28-26(25)13-30(37-28)32-27-14-29(35-18-31(27)38-39-32)23-10-21(15-34-17-23)19-40-7-2-3-8-40/h4-6,9-15,17-18,36-37H,2-3,7-8,16,19H2,1H3,(H,38,39). The summed E-state index contributed by atoms with van der Waals surface area (Å²) in [6.45, 7) is 3.14. The molecule has 218 valence electrons. The van der Waals surface area contributed by atoms with Crippen molar-refractivity contribution in [3.05, 3.63) is 90.1 Å². The predicted octanol–water partition coefficient (Wildman–Crippen LogP) is 5.62. The predicted molar refractivity (Wildman–Crippen MR) is 166 cm³/mol. The summed E-state index contributed by atoms with van der Waals surface area (Å²) in [5, 5.41) is 9.53. The van der Waals surface area contributed by atoms with Crippen molar-refractivity contribution in [1.82, 2.24) is 34.8 Å². The van der Waals surface area contributed by atoms with Crippen molar-refractivity contribution < 1.29 is 12.8 Å². The quantitative estimate of drug-likeness (QED) is 0.210. The summed E-state index contributed by atoms with van der Waals surface area (Å²) < 4.78 is 40.2. The number of hydrogen-bond acceptors (Lipinski definition) is 6. The molecule has 7 rings (SSSR count). The number of sulfonamides is 1. The van der Waals surface area contributed by atoms with Gasteiger partial charge in [-0.1, -0.05) is 12.1 Å². The highest BCUT2D eigenvalue weighted by Crippen LogP contribution is 2.35. The van der Waals surface area contributed by atoms with Gasteiger partial charge in [0.2, 0.25) is 10.0 Å². The Balaban J connectivity index is 1.24. The number of aromatic nitrogens is 5. The van der Waals surface area contributed by atoms with E-state index in [1.54, 1.807) is 12.3 Å². The summed E-state index contributed by atoms with van der Waals surface area (Å²) in [6.07, 6.45) is 9.13. The molecule has 0 amide bonds. The highest BCUT2D eigenvalue weighted by Gasteiger charge is 2.17. The van der Waals surface area contributed by atoms with E-state index in [1.807, 2.05) is 42.7 Å². The first-order chi connectivity index (χ1) is 20.8. The van der Waals surface area contributed by atoms with E-state index in [9.17, 15) is 12.8 Å². The molecule has 1 saturated heterocycles. The lowest BCUT2D eigenvalue weighted by Gasteiger charge is -2.14. The van der Waals surface area contributed by atoms with Crippen molar-refractivity contribution in [3.63, 3.8) is 0 Å². The maximum atomic E-state index is 14.6. The number of H-pyrrole nitrogens is 2. The minimum Gasteiger partial charge on any atom is -0.353 e. The number of nitrogens with zero attached hydrogens (tertiary/aromatic N) is 4. The third-order valence-corrected chi connectivity index (χ3v) is 8.54. The number of rotatable bonds is 8. The Morgan fingerprint density at radius 2 is 1.77 bits per heavy atom. The number of fused-ring (bicyclic) bond motifs is 2. The highest BCUT2D eigenvalue weighted by molar-refractivity contribution is 7.88. The third kappa shape index (κ3) is 5.79. The van der Waals surface area contributed by atoms with Crippen LogP contribution in [0.15, 0.2) is 73.2 Å². The lowest BCUT2D eigenvalue weighted by atomic mass is 9.99. The van der Waals surface area contributed by atoms with Crippen LogP contribution < -0.4 is 4.72 Å². The molecule has 0 atom stereocenters. The van der Waals surface area contributed by atoms with Crippen LogP contribution in [0.1, 0.15) is 24.0 Å². The summed E-state index contributed by atoms with van der Waals surface area (Å²) in [7, 11) is -3.41. The second kappa shape index (κ2) is 11.0. The number of pyridine rings is 2. The monoisotopic (exact) mass is 595 g/mol. The Hall–Kier alpha value is -4.45. The minimum absolute atomic E-state index is 0.00423. The Kier molecular flexibility index (Phi) is 7.00. The first-order valence-corrected chi connectivity index (χ1v) is 16.1. The smallest absolute Gasteiger partial charge is 0.209 e. The van der Waals surface area contributed by atoms with Gasteiger partial charge in [0.15, 0.2) is 0 Å². The minimum atomic E-state index is -3.41. The molecule has 0 unspecified atom stereocenters. The van der Waals surface area contributed by atoms with Crippen molar-refractivity contribution in [2.45, 2.75) is 25.9 Å². The Bertz CT molecular complexity index is 2080. The molecular formula is C32H30FN7O2S. The fourth-order valence-electron chi connectivity index (χ4n) is 5.85. The van der Waals surface area contributed by atoms with Crippen molar-refractivity contribution in [2.24, 2.45) is 0 Å². The molecule has 9 nitrogen and oxygen atoms in total. The zero-order valence-electron chi connectivity index (χ0n) is 23.6. The number of likely N-dealkylation sites (tertiary alicyclic amines) is 1. The van der Waals surface area contributed by atoms with Crippen LogP contribution in [0.4, 0.5) is 4.39 Å². The lowest BCUT2D eigenvalue weighted by molar-refractivity contribution is 0.331. The molecule has 0 aliphatic carbocycles. The second-order valence-corrected chi connectivity index (χ2v) is 13.0. The summed E-state index contributed by atoms with van der Waals surface area (Å²) in [5.74, 6) is -0.437. The normalized spacial score (nSPS) is 14.3. The van der Waals surface area contributed by atoms with Crippen LogP contribution >= 0.6 is 0 Å². The summed E-state index contributed by atoms with van der Waals surface area (Å²) >= 11 is 0. The molecule has 43 heavy (non-hydrogen) atoms. The van der Waals surface area contributed by atoms with Gasteiger partial charge in [-0.05, 0) is 90.6 Å². The second-order valence-electron chi connectivity index (χ2n) is 11.1. The van der Waals surface area contributed by atoms with Crippen LogP contribution in [-0.4, -0.2) is 57.8 Å². The van der Waals surface area contributed by atoms with Gasteiger partial charge >= 0.3 is 0 Å². The van der Waals surface area contributed by atoms with Crippen molar-refractivity contribution in [3.8, 4) is 33.8 Å². The van der Waals surface area contributed by atoms with Crippen LogP contribution in [0.2, 0.25) is 0 Å². The molecular weight excluding hydrogens is 565 g/mol. The van der Waals surface area contributed by atoms with Crippen molar-refractivity contribution in [1.29, 1.82) is 0 Å². The van der Waals surface area contributed by atoms with Crippen LogP contribution in [0, 0.1) is 5.82 Å². The van der Waals surface area contributed by atoms with Gasteiger partial charge < -0.3 is 4.98 Å². The summed E-state index contributed by atoms with van der Waals surface area (Å²) in [5.41, 5.74) is 8.19. The fraction of sp³-hybridized carbons (Fsp3) is 0.219. The Morgan fingerprint density at radius 1 is 0.930 bits per heavy atom. The Labute approximate surface area is 248 Å². The molecule has 11 heteroatoms. The van der Waals surface area contributed by atoms with Gasteiger partial charge in [-0.3, -0.25) is 20.0 Å². The van der Waals surface area contributed by atoms with Gasteiger partial charge in [0, 0.05) is 47.3 Å². The summed E-state index contributed by atoms with van der Waals surface area (Å²) in [6, 6.07) is 16.6. The lowest BCUT2D eigenvalue weighted by Crippen LogP contribution is -2.21. The van der Waals surface area contributed by atoms with Gasteiger partial charge in [-0.15, -0.1) is 0 Å². The number of halogens is 1. The van der Waals surface area contributed by atoms with E-state index in [0.29, 0.717) is 11.1 Å². The van der Waals surface area contributed by atoms with Crippen LogP contribution in [0.3, 0.4) is 0 Å². The molecule has 3 N–H and O–H groups in total. The zero-order chi connectivity index (χ0) is 29.6. The van der Waals surface area contributed by atoms with E-state index < -0.39 is 15.8 Å². The first kappa shape index (κ1) is 27.4. The van der Waals surface area contributed by atoms with Crippen LogP contribution in [-0.2, 0) is 23.1 Å². The van der Waals surface area contributed by atoms with Gasteiger partial charge in [0.25, 0.3) is 0 Å². The van der Waals surface area contributed by atoms with E-state index in [4.69, 9.17) is 0 Å². The fourth-order valence-corrected chi connectivity index (χ4v) is 6.28. The van der Waals surface area contributed by atoms with Gasteiger partial charge in [0.1, 0.15) is 11.5 Å². The number of hydrogen-bond donors (Lipinski definition) is 3.